The molecule has 0 aliphatic rings. The van der Waals surface area contributed by atoms with E-state index in [2.05, 4.69) is 10.2 Å². The van der Waals surface area contributed by atoms with Crippen LogP contribution < -0.4 is 0 Å². The largest absolute Gasteiger partial charge is 0.476 e. The van der Waals surface area contributed by atoms with Gasteiger partial charge in [-0.3, -0.25) is 0 Å². The molecule has 0 saturated carbocycles. The Morgan fingerprint density at radius 2 is 2.20 bits per heavy atom. The number of hydrogen-bond acceptors (Lipinski definition) is 3. The Hall–Kier alpha value is -1.97. The maximum absolute atomic E-state index is 10.7. The number of aryl methyl sites for hydroxylation is 1. The fourth-order valence-electron chi connectivity index (χ4n) is 1.52. The first-order valence-corrected chi connectivity index (χ1v) is 4.71. The molecule has 0 radical (unpaired) electrons. The Morgan fingerprint density at radius 3 is 2.87 bits per heavy atom. The molecule has 2 rings (SSSR count). The molecule has 4 heteroatoms. The quantitative estimate of drug-likeness (QED) is 0.807. The monoisotopic (exact) mass is 202 g/mol. The third-order valence-corrected chi connectivity index (χ3v) is 2.30. The van der Waals surface area contributed by atoms with Crippen LogP contribution in [0.5, 0.6) is 0 Å². The van der Waals surface area contributed by atoms with Gasteiger partial charge >= 0.3 is 5.97 Å². The van der Waals surface area contributed by atoms with E-state index in [9.17, 15) is 4.79 Å². The maximum atomic E-state index is 10.7. The van der Waals surface area contributed by atoms with Crippen molar-refractivity contribution >= 4 is 16.9 Å². The van der Waals surface area contributed by atoms with Crippen molar-refractivity contribution in [3.63, 3.8) is 0 Å². The number of aromatic nitrogens is 2. The summed E-state index contributed by atoms with van der Waals surface area (Å²) >= 11 is 0. The minimum absolute atomic E-state index is 0.0178. The zero-order valence-corrected chi connectivity index (χ0v) is 8.27. The second-order valence-electron chi connectivity index (χ2n) is 3.24. The molecule has 0 unspecified atom stereocenters. The van der Waals surface area contributed by atoms with Crippen molar-refractivity contribution < 1.29 is 9.90 Å². The molecule has 0 aliphatic heterocycles. The van der Waals surface area contributed by atoms with Crippen LogP contribution in [0.4, 0.5) is 0 Å². The Bertz CT molecular complexity index is 523. The Morgan fingerprint density at radius 1 is 1.40 bits per heavy atom. The van der Waals surface area contributed by atoms with Gasteiger partial charge in [0.25, 0.3) is 0 Å². The molecule has 0 bridgehead atoms. The van der Waals surface area contributed by atoms with Gasteiger partial charge in [0.2, 0.25) is 0 Å². The molecule has 15 heavy (non-hydrogen) atoms. The minimum atomic E-state index is -1.05. The van der Waals surface area contributed by atoms with E-state index in [1.54, 1.807) is 6.07 Å². The van der Waals surface area contributed by atoms with Gasteiger partial charge in [-0.1, -0.05) is 25.1 Å². The van der Waals surface area contributed by atoms with Gasteiger partial charge in [-0.15, -0.1) is 10.2 Å². The predicted molar refractivity (Wildman–Crippen MR) is 55.9 cm³/mol. The van der Waals surface area contributed by atoms with E-state index in [1.807, 2.05) is 25.1 Å². The highest BCUT2D eigenvalue weighted by molar-refractivity contribution is 5.91. The van der Waals surface area contributed by atoms with Crippen LogP contribution in [0.25, 0.3) is 10.9 Å². The first-order valence-electron chi connectivity index (χ1n) is 4.71. The zero-order valence-electron chi connectivity index (χ0n) is 8.27. The number of rotatable bonds is 2. The molecule has 1 N–H and O–H groups in total. The minimum Gasteiger partial charge on any atom is -0.476 e. The first kappa shape index (κ1) is 9.58. The Balaban J connectivity index is 2.69. The van der Waals surface area contributed by atoms with Crippen molar-refractivity contribution in [1.82, 2.24) is 10.2 Å². The van der Waals surface area contributed by atoms with Crippen LogP contribution in [0.15, 0.2) is 24.3 Å². The first-order chi connectivity index (χ1) is 7.22. The molecule has 2 aromatic rings. The second kappa shape index (κ2) is 3.65. The number of aromatic carboxylic acids is 1. The molecular formula is C11H10N2O2. The summed E-state index contributed by atoms with van der Waals surface area (Å²) in [6, 6.07) is 7.26. The summed E-state index contributed by atoms with van der Waals surface area (Å²) in [5, 5.41) is 17.2. The molecule has 0 amide bonds. The summed E-state index contributed by atoms with van der Waals surface area (Å²) in [4.78, 5) is 10.7. The summed E-state index contributed by atoms with van der Waals surface area (Å²) in [6.07, 6.45) is 0.860. The van der Waals surface area contributed by atoms with Crippen LogP contribution in [0, 0.1) is 0 Å². The number of carbonyl (C=O) groups is 1. The molecule has 0 atom stereocenters. The second-order valence-corrected chi connectivity index (χ2v) is 3.24. The number of fused-ring (bicyclic) bond motifs is 1. The lowest BCUT2D eigenvalue weighted by atomic mass is 10.1. The van der Waals surface area contributed by atoms with E-state index >= 15 is 0 Å². The molecule has 0 aliphatic carbocycles. The van der Waals surface area contributed by atoms with Gasteiger partial charge in [0.15, 0.2) is 5.69 Å². The molecule has 4 nitrogen and oxygen atoms in total. The normalized spacial score (nSPS) is 10.5. The topological polar surface area (TPSA) is 63.1 Å². The smallest absolute Gasteiger partial charge is 0.356 e. The Labute approximate surface area is 86.6 Å². The van der Waals surface area contributed by atoms with Crippen molar-refractivity contribution in [3.8, 4) is 0 Å². The van der Waals surface area contributed by atoms with Crippen molar-refractivity contribution in [2.24, 2.45) is 0 Å². The van der Waals surface area contributed by atoms with Crippen molar-refractivity contribution in [2.45, 2.75) is 13.3 Å². The summed E-state index contributed by atoms with van der Waals surface area (Å²) in [5.41, 5.74) is 1.85. The van der Waals surface area contributed by atoms with Crippen LogP contribution in [-0.4, -0.2) is 21.3 Å². The summed E-state index contributed by atoms with van der Waals surface area (Å²) in [5.74, 6) is -1.05. The van der Waals surface area contributed by atoms with Gasteiger partial charge in [-0.05, 0) is 18.1 Å². The fraction of sp³-hybridized carbons (Fsp3) is 0.182. The van der Waals surface area contributed by atoms with Gasteiger partial charge in [0.1, 0.15) is 0 Å². The number of carboxylic acids is 1. The molecule has 76 valence electrons. The van der Waals surface area contributed by atoms with Crippen LogP contribution >= 0.6 is 0 Å². The van der Waals surface area contributed by atoms with Crippen LogP contribution in [0.1, 0.15) is 23.0 Å². The summed E-state index contributed by atoms with van der Waals surface area (Å²) in [6.45, 7) is 2.03. The standard InChI is InChI=1S/C11H10N2O2/c1-2-7-4-3-5-8-6-9(11(14)15)12-13-10(7)8/h3-6H,2H2,1H3,(H,14,15). The lowest BCUT2D eigenvalue weighted by Gasteiger charge is -2.02. The molecule has 1 aromatic carbocycles. The molecule has 0 spiro atoms. The lowest BCUT2D eigenvalue weighted by molar-refractivity contribution is 0.0689. The van der Waals surface area contributed by atoms with E-state index in [4.69, 9.17) is 5.11 Å². The maximum Gasteiger partial charge on any atom is 0.356 e. The van der Waals surface area contributed by atoms with Crippen LogP contribution in [-0.2, 0) is 6.42 Å². The highest BCUT2D eigenvalue weighted by atomic mass is 16.4. The molecule has 0 saturated heterocycles. The van der Waals surface area contributed by atoms with Crippen molar-refractivity contribution in [1.29, 1.82) is 0 Å². The predicted octanol–water partition coefficient (Wildman–Crippen LogP) is 1.89. The fourth-order valence-corrected chi connectivity index (χ4v) is 1.52. The lowest BCUT2D eigenvalue weighted by Crippen LogP contribution is -2.02. The number of hydrogen-bond donors (Lipinski definition) is 1. The van der Waals surface area contributed by atoms with Crippen LogP contribution in [0.2, 0.25) is 0 Å². The van der Waals surface area contributed by atoms with E-state index in [0.717, 1.165) is 22.9 Å². The van der Waals surface area contributed by atoms with Gasteiger partial charge in [0, 0.05) is 5.39 Å². The SMILES string of the molecule is CCc1cccc2cc(C(=O)O)nnc12. The number of carboxylic acid groups (broad SMARTS) is 1. The van der Waals surface area contributed by atoms with Gasteiger partial charge < -0.3 is 5.11 Å². The summed E-state index contributed by atoms with van der Waals surface area (Å²) in [7, 11) is 0. The molecule has 0 fully saturated rings. The number of benzene rings is 1. The van der Waals surface area contributed by atoms with Gasteiger partial charge in [-0.25, -0.2) is 4.79 Å². The van der Waals surface area contributed by atoms with Gasteiger partial charge in [0.05, 0.1) is 5.52 Å². The third kappa shape index (κ3) is 1.66. The zero-order chi connectivity index (χ0) is 10.8. The van der Waals surface area contributed by atoms with E-state index < -0.39 is 5.97 Å². The third-order valence-electron chi connectivity index (χ3n) is 2.30. The van der Waals surface area contributed by atoms with Gasteiger partial charge in [-0.2, -0.15) is 0 Å². The summed E-state index contributed by atoms with van der Waals surface area (Å²) < 4.78 is 0. The van der Waals surface area contributed by atoms with Crippen molar-refractivity contribution in [2.75, 3.05) is 0 Å². The Kier molecular flexibility index (Phi) is 2.33. The molecular weight excluding hydrogens is 192 g/mol. The van der Waals surface area contributed by atoms with Crippen LogP contribution in [0.3, 0.4) is 0 Å². The van der Waals surface area contributed by atoms with E-state index in [1.165, 1.54) is 0 Å². The molecule has 1 aromatic heterocycles. The molecule has 1 heterocycles. The highest BCUT2D eigenvalue weighted by Crippen LogP contribution is 2.16. The number of nitrogens with zero attached hydrogens (tertiary/aromatic N) is 2. The highest BCUT2D eigenvalue weighted by Gasteiger charge is 2.08. The van der Waals surface area contributed by atoms with Crippen molar-refractivity contribution in [3.05, 3.63) is 35.5 Å². The van der Waals surface area contributed by atoms with E-state index in [0.29, 0.717) is 0 Å². The average molecular weight is 202 g/mol. The van der Waals surface area contributed by atoms with E-state index in [-0.39, 0.29) is 5.69 Å². The average Bonchev–Trinajstić information content (AvgIpc) is 2.27.